The van der Waals surface area contributed by atoms with Crippen LogP contribution < -0.4 is 0 Å². The number of nitriles is 1. The standard InChI is InChI=1S/C18H23N/c1-2-3-4-7-15-10-12-16(13-11-15)18-9-6-5-8-17(18)14-19/h4-9,15-16H,2-3,10-13H2,1H3/b7-4+. The van der Waals surface area contributed by atoms with Crippen molar-refractivity contribution in [3.8, 4) is 6.07 Å². The van der Waals surface area contributed by atoms with Gasteiger partial charge in [0.15, 0.2) is 0 Å². The van der Waals surface area contributed by atoms with Gasteiger partial charge in [-0.05, 0) is 55.6 Å². The summed E-state index contributed by atoms with van der Waals surface area (Å²) in [5.74, 6) is 1.35. The Morgan fingerprint density at radius 1 is 1.21 bits per heavy atom. The van der Waals surface area contributed by atoms with Crippen molar-refractivity contribution in [3.05, 3.63) is 47.5 Å². The van der Waals surface area contributed by atoms with Crippen molar-refractivity contribution in [1.29, 1.82) is 5.26 Å². The largest absolute Gasteiger partial charge is 0.192 e. The number of unbranched alkanes of at least 4 members (excludes halogenated alkanes) is 1. The number of allylic oxidation sites excluding steroid dienone is 2. The summed E-state index contributed by atoms with van der Waals surface area (Å²) in [7, 11) is 0. The van der Waals surface area contributed by atoms with Crippen molar-refractivity contribution in [2.45, 2.75) is 51.4 Å². The summed E-state index contributed by atoms with van der Waals surface area (Å²) in [5, 5.41) is 9.18. The van der Waals surface area contributed by atoms with Crippen molar-refractivity contribution in [3.63, 3.8) is 0 Å². The van der Waals surface area contributed by atoms with Gasteiger partial charge in [-0.25, -0.2) is 0 Å². The second kappa shape index (κ2) is 7.14. The highest BCUT2D eigenvalue weighted by Gasteiger charge is 2.22. The van der Waals surface area contributed by atoms with Gasteiger partial charge in [0, 0.05) is 0 Å². The molecule has 0 amide bonds. The SMILES string of the molecule is CCC/C=C/C1CCC(c2ccccc2C#N)CC1. The predicted octanol–water partition coefficient (Wildman–Crippen LogP) is 5.19. The van der Waals surface area contributed by atoms with Crippen LogP contribution in [-0.4, -0.2) is 0 Å². The van der Waals surface area contributed by atoms with Crippen molar-refractivity contribution < 1.29 is 0 Å². The molecule has 0 aromatic heterocycles. The minimum atomic E-state index is 0.590. The quantitative estimate of drug-likeness (QED) is 0.677. The van der Waals surface area contributed by atoms with Crippen molar-refractivity contribution in [2.24, 2.45) is 5.92 Å². The zero-order valence-corrected chi connectivity index (χ0v) is 11.8. The molecule has 0 heterocycles. The molecule has 1 nitrogen and oxygen atoms in total. The Balaban J connectivity index is 1.95. The van der Waals surface area contributed by atoms with Crippen LogP contribution in [0.15, 0.2) is 36.4 Å². The molecule has 1 aliphatic rings. The lowest BCUT2D eigenvalue weighted by Crippen LogP contribution is -2.12. The summed E-state index contributed by atoms with van der Waals surface area (Å²) in [4.78, 5) is 0. The second-order valence-corrected chi connectivity index (χ2v) is 5.53. The highest BCUT2D eigenvalue weighted by molar-refractivity contribution is 5.39. The number of nitrogens with zero attached hydrogens (tertiary/aromatic N) is 1. The zero-order chi connectivity index (χ0) is 13.5. The molecule has 1 heteroatoms. The zero-order valence-electron chi connectivity index (χ0n) is 11.8. The molecule has 0 radical (unpaired) electrons. The molecule has 0 spiro atoms. The topological polar surface area (TPSA) is 23.8 Å². The van der Waals surface area contributed by atoms with Crippen molar-refractivity contribution in [1.82, 2.24) is 0 Å². The first-order chi connectivity index (χ1) is 9.35. The van der Waals surface area contributed by atoms with Crippen LogP contribution in [-0.2, 0) is 0 Å². The Bertz CT molecular complexity index is 459. The van der Waals surface area contributed by atoms with E-state index in [0.717, 1.165) is 11.5 Å². The van der Waals surface area contributed by atoms with Gasteiger partial charge in [0.25, 0.3) is 0 Å². The molecule has 1 fully saturated rings. The predicted molar refractivity (Wildman–Crippen MR) is 79.9 cm³/mol. The number of benzene rings is 1. The van der Waals surface area contributed by atoms with Gasteiger partial charge in [-0.15, -0.1) is 0 Å². The maximum atomic E-state index is 9.18. The smallest absolute Gasteiger partial charge is 0.0994 e. The maximum absolute atomic E-state index is 9.18. The Hall–Kier alpha value is -1.55. The molecule has 0 saturated heterocycles. The molecule has 0 unspecified atom stereocenters. The lowest BCUT2D eigenvalue weighted by atomic mass is 9.77. The Morgan fingerprint density at radius 3 is 2.63 bits per heavy atom. The van der Waals surface area contributed by atoms with Crippen LogP contribution in [0.2, 0.25) is 0 Å². The molecule has 1 aromatic carbocycles. The van der Waals surface area contributed by atoms with Gasteiger partial charge in [0.1, 0.15) is 0 Å². The van der Waals surface area contributed by atoms with Crippen LogP contribution in [0.1, 0.15) is 62.5 Å². The molecule has 0 aliphatic heterocycles. The van der Waals surface area contributed by atoms with E-state index >= 15 is 0 Å². The van der Waals surface area contributed by atoms with Gasteiger partial charge in [-0.1, -0.05) is 43.7 Å². The summed E-state index contributed by atoms with van der Waals surface area (Å²) in [5.41, 5.74) is 2.13. The average Bonchev–Trinajstić information content (AvgIpc) is 2.48. The summed E-state index contributed by atoms with van der Waals surface area (Å²) >= 11 is 0. The van der Waals surface area contributed by atoms with E-state index in [0.29, 0.717) is 5.92 Å². The summed E-state index contributed by atoms with van der Waals surface area (Å²) in [6, 6.07) is 10.4. The van der Waals surface area contributed by atoms with E-state index in [2.05, 4.69) is 37.3 Å². The molecule has 2 rings (SSSR count). The fourth-order valence-corrected chi connectivity index (χ4v) is 3.03. The highest BCUT2D eigenvalue weighted by atomic mass is 14.3. The van der Waals surface area contributed by atoms with Gasteiger partial charge in [0.2, 0.25) is 0 Å². The maximum Gasteiger partial charge on any atom is 0.0994 e. The van der Waals surface area contributed by atoms with Gasteiger partial charge in [0.05, 0.1) is 11.6 Å². The molecule has 0 bridgehead atoms. The van der Waals surface area contributed by atoms with Crippen molar-refractivity contribution in [2.75, 3.05) is 0 Å². The van der Waals surface area contributed by atoms with E-state index in [1.165, 1.54) is 44.1 Å². The Morgan fingerprint density at radius 2 is 1.95 bits per heavy atom. The molecular weight excluding hydrogens is 230 g/mol. The molecule has 1 aliphatic carbocycles. The van der Waals surface area contributed by atoms with E-state index < -0.39 is 0 Å². The van der Waals surface area contributed by atoms with Crippen LogP contribution in [0.5, 0.6) is 0 Å². The third-order valence-electron chi connectivity index (χ3n) is 4.16. The minimum Gasteiger partial charge on any atom is -0.192 e. The first-order valence-electron chi connectivity index (χ1n) is 7.50. The summed E-state index contributed by atoms with van der Waals surface area (Å²) in [6.07, 6.45) is 12.2. The van der Waals surface area contributed by atoms with E-state index in [1.54, 1.807) is 0 Å². The number of hydrogen-bond acceptors (Lipinski definition) is 1. The minimum absolute atomic E-state index is 0.590. The number of rotatable bonds is 4. The van der Waals surface area contributed by atoms with Gasteiger partial charge in [-0.3, -0.25) is 0 Å². The third-order valence-corrected chi connectivity index (χ3v) is 4.16. The normalized spacial score (nSPS) is 23.4. The molecule has 0 atom stereocenters. The Kier molecular flexibility index (Phi) is 5.21. The summed E-state index contributed by atoms with van der Waals surface area (Å²) in [6.45, 7) is 2.22. The first kappa shape index (κ1) is 13.9. The second-order valence-electron chi connectivity index (χ2n) is 5.53. The van der Waals surface area contributed by atoms with Crippen LogP contribution in [0.25, 0.3) is 0 Å². The molecule has 1 aromatic rings. The van der Waals surface area contributed by atoms with Gasteiger partial charge in [-0.2, -0.15) is 5.26 Å². The average molecular weight is 253 g/mol. The van der Waals surface area contributed by atoms with E-state index in [1.807, 2.05) is 12.1 Å². The lowest BCUT2D eigenvalue weighted by molar-refractivity contribution is 0.375. The highest BCUT2D eigenvalue weighted by Crippen LogP contribution is 2.37. The molecular formula is C18H23N. The van der Waals surface area contributed by atoms with Gasteiger partial charge < -0.3 is 0 Å². The van der Waals surface area contributed by atoms with Gasteiger partial charge >= 0.3 is 0 Å². The van der Waals surface area contributed by atoms with Crippen LogP contribution in [0.4, 0.5) is 0 Å². The molecule has 0 N–H and O–H groups in total. The fourth-order valence-electron chi connectivity index (χ4n) is 3.03. The summed E-state index contributed by atoms with van der Waals surface area (Å²) < 4.78 is 0. The Labute approximate surface area is 117 Å². The molecule has 100 valence electrons. The van der Waals surface area contributed by atoms with Crippen LogP contribution in [0, 0.1) is 17.2 Å². The third kappa shape index (κ3) is 3.70. The fraction of sp³-hybridized carbons (Fsp3) is 0.500. The monoisotopic (exact) mass is 253 g/mol. The number of hydrogen-bond donors (Lipinski definition) is 0. The van der Waals surface area contributed by atoms with E-state index in [4.69, 9.17) is 0 Å². The van der Waals surface area contributed by atoms with Crippen LogP contribution in [0.3, 0.4) is 0 Å². The molecule has 19 heavy (non-hydrogen) atoms. The molecule has 1 saturated carbocycles. The van der Waals surface area contributed by atoms with Crippen molar-refractivity contribution >= 4 is 0 Å². The van der Waals surface area contributed by atoms with Crippen LogP contribution >= 0.6 is 0 Å². The first-order valence-corrected chi connectivity index (χ1v) is 7.50. The van der Waals surface area contributed by atoms with E-state index in [-0.39, 0.29) is 0 Å². The lowest BCUT2D eigenvalue weighted by Gasteiger charge is -2.27. The van der Waals surface area contributed by atoms with E-state index in [9.17, 15) is 5.26 Å².